The molecule has 2 rings (SSSR count). The fourth-order valence-electron chi connectivity index (χ4n) is 1.95. The highest BCUT2D eigenvalue weighted by molar-refractivity contribution is 9.10. The van der Waals surface area contributed by atoms with Gasteiger partial charge in [-0.05, 0) is 33.6 Å². The maximum absolute atomic E-state index is 12.6. The van der Waals surface area contributed by atoms with Crippen LogP contribution in [0, 0.1) is 0 Å². The molecule has 2 aromatic rings. The van der Waals surface area contributed by atoms with Crippen molar-refractivity contribution in [3.63, 3.8) is 0 Å². The molecule has 1 aromatic heterocycles. The zero-order valence-corrected chi connectivity index (χ0v) is 13.4. The number of ether oxygens (including phenoxy) is 1. The van der Waals surface area contributed by atoms with E-state index in [1.54, 1.807) is 30.2 Å². The van der Waals surface area contributed by atoms with Crippen LogP contribution in [0.1, 0.15) is 16.1 Å². The summed E-state index contributed by atoms with van der Waals surface area (Å²) in [6.45, 7) is 1.56. The van der Waals surface area contributed by atoms with Crippen molar-refractivity contribution in [2.24, 2.45) is 0 Å². The van der Waals surface area contributed by atoms with Crippen molar-refractivity contribution >= 4 is 21.8 Å². The van der Waals surface area contributed by atoms with E-state index in [0.717, 1.165) is 5.56 Å². The average Bonchev–Trinajstić information content (AvgIpc) is 2.51. The minimum Gasteiger partial charge on any atom is -0.383 e. The number of hydrogen-bond donors (Lipinski definition) is 0. The van der Waals surface area contributed by atoms with Crippen LogP contribution < -0.4 is 0 Å². The van der Waals surface area contributed by atoms with Crippen LogP contribution in [-0.2, 0) is 11.3 Å². The highest BCUT2D eigenvalue weighted by Crippen LogP contribution is 2.11. The van der Waals surface area contributed by atoms with Gasteiger partial charge in [0.1, 0.15) is 10.3 Å². The lowest BCUT2D eigenvalue weighted by Crippen LogP contribution is -2.34. The Morgan fingerprint density at radius 1 is 1.19 bits per heavy atom. The first-order valence-electron chi connectivity index (χ1n) is 6.65. The first-order chi connectivity index (χ1) is 10.2. The van der Waals surface area contributed by atoms with Crippen LogP contribution in [0.5, 0.6) is 0 Å². The lowest BCUT2D eigenvalue weighted by molar-refractivity contribution is 0.0674. The van der Waals surface area contributed by atoms with Crippen LogP contribution in [-0.4, -0.2) is 36.1 Å². The molecule has 0 atom stereocenters. The van der Waals surface area contributed by atoms with E-state index in [1.165, 1.54) is 0 Å². The molecule has 0 fully saturated rings. The van der Waals surface area contributed by atoms with Crippen molar-refractivity contribution in [3.8, 4) is 0 Å². The molecule has 0 saturated heterocycles. The Hall–Kier alpha value is -1.72. The molecule has 0 aliphatic carbocycles. The van der Waals surface area contributed by atoms with Crippen molar-refractivity contribution in [1.29, 1.82) is 0 Å². The molecule has 4 nitrogen and oxygen atoms in total. The lowest BCUT2D eigenvalue weighted by Gasteiger charge is -2.22. The van der Waals surface area contributed by atoms with Crippen molar-refractivity contribution in [1.82, 2.24) is 9.88 Å². The van der Waals surface area contributed by atoms with E-state index in [9.17, 15) is 4.79 Å². The number of hydrogen-bond acceptors (Lipinski definition) is 3. The van der Waals surface area contributed by atoms with Crippen molar-refractivity contribution in [2.75, 3.05) is 20.3 Å². The van der Waals surface area contributed by atoms with Crippen LogP contribution in [0.25, 0.3) is 0 Å². The number of rotatable bonds is 6. The van der Waals surface area contributed by atoms with Gasteiger partial charge in [0.2, 0.25) is 0 Å². The number of nitrogens with zero attached hydrogens (tertiary/aromatic N) is 2. The predicted octanol–water partition coefficient (Wildman–Crippen LogP) is 3.13. The molecular formula is C16H17BrN2O2. The van der Waals surface area contributed by atoms with Crippen LogP contribution in [0.15, 0.2) is 53.1 Å². The third kappa shape index (κ3) is 4.65. The zero-order valence-electron chi connectivity index (χ0n) is 11.8. The topological polar surface area (TPSA) is 42.4 Å². The summed E-state index contributed by atoms with van der Waals surface area (Å²) < 4.78 is 5.75. The van der Waals surface area contributed by atoms with Crippen molar-refractivity contribution in [3.05, 3.63) is 64.4 Å². The number of carbonyl (C=O) groups excluding carboxylic acids is 1. The zero-order chi connectivity index (χ0) is 15.1. The van der Waals surface area contributed by atoms with Gasteiger partial charge in [-0.15, -0.1) is 0 Å². The van der Waals surface area contributed by atoms with E-state index >= 15 is 0 Å². The van der Waals surface area contributed by atoms with Gasteiger partial charge in [0.25, 0.3) is 5.91 Å². The summed E-state index contributed by atoms with van der Waals surface area (Å²) >= 11 is 3.29. The molecule has 110 valence electrons. The van der Waals surface area contributed by atoms with E-state index in [0.29, 0.717) is 30.0 Å². The van der Waals surface area contributed by atoms with Gasteiger partial charge in [0, 0.05) is 20.2 Å². The number of benzene rings is 1. The summed E-state index contributed by atoms with van der Waals surface area (Å²) in [6.07, 6.45) is 0. The molecule has 0 bridgehead atoms. The molecule has 0 saturated carbocycles. The summed E-state index contributed by atoms with van der Waals surface area (Å²) in [4.78, 5) is 18.6. The van der Waals surface area contributed by atoms with E-state index in [4.69, 9.17) is 4.74 Å². The molecule has 0 unspecified atom stereocenters. The van der Waals surface area contributed by atoms with Gasteiger partial charge in [-0.3, -0.25) is 4.79 Å². The quantitative estimate of drug-likeness (QED) is 0.753. The van der Waals surface area contributed by atoms with Crippen LogP contribution >= 0.6 is 15.9 Å². The summed E-state index contributed by atoms with van der Waals surface area (Å²) in [5.41, 5.74) is 1.51. The summed E-state index contributed by atoms with van der Waals surface area (Å²) in [6, 6.07) is 15.2. The van der Waals surface area contributed by atoms with Crippen LogP contribution in [0.3, 0.4) is 0 Å². The normalized spacial score (nSPS) is 10.4. The van der Waals surface area contributed by atoms with Gasteiger partial charge < -0.3 is 9.64 Å². The first kappa shape index (κ1) is 15.7. The standard InChI is InChI=1S/C16H17BrN2O2/c1-21-11-10-19(12-13-6-3-2-4-7-13)16(20)14-8-5-9-15(17)18-14/h2-9H,10-12H2,1H3. The summed E-state index contributed by atoms with van der Waals surface area (Å²) in [5.74, 6) is -0.0998. The Bertz CT molecular complexity index is 590. The number of methoxy groups -OCH3 is 1. The van der Waals surface area contributed by atoms with Gasteiger partial charge in [-0.25, -0.2) is 4.98 Å². The monoisotopic (exact) mass is 348 g/mol. The minimum absolute atomic E-state index is 0.0998. The Kier molecular flexibility index (Phi) is 5.90. The molecule has 0 N–H and O–H groups in total. The summed E-state index contributed by atoms with van der Waals surface area (Å²) in [7, 11) is 1.63. The SMILES string of the molecule is COCCN(Cc1ccccc1)C(=O)c1cccc(Br)n1. The molecule has 21 heavy (non-hydrogen) atoms. The molecule has 0 aliphatic rings. The fourth-order valence-corrected chi connectivity index (χ4v) is 2.29. The number of pyridine rings is 1. The number of carbonyl (C=O) groups is 1. The minimum atomic E-state index is -0.0998. The van der Waals surface area contributed by atoms with E-state index in [1.807, 2.05) is 30.3 Å². The number of aromatic nitrogens is 1. The van der Waals surface area contributed by atoms with E-state index in [2.05, 4.69) is 20.9 Å². The molecule has 1 heterocycles. The highest BCUT2D eigenvalue weighted by Gasteiger charge is 2.17. The van der Waals surface area contributed by atoms with Crippen LogP contribution in [0.2, 0.25) is 0 Å². The van der Waals surface area contributed by atoms with E-state index < -0.39 is 0 Å². The molecule has 1 amide bonds. The Labute approximate surface area is 132 Å². The Morgan fingerprint density at radius 3 is 2.62 bits per heavy atom. The number of halogens is 1. The lowest BCUT2D eigenvalue weighted by atomic mass is 10.2. The summed E-state index contributed by atoms with van der Waals surface area (Å²) in [5, 5.41) is 0. The third-order valence-electron chi connectivity index (χ3n) is 3.00. The Morgan fingerprint density at radius 2 is 1.95 bits per heavy atom. The van der Waals surface area contributed by atoms with Gasteiger partial charge in [0.15, 0.2) is 0 Å². The Balaban J connectivity index is 2.17. The van der Waals surface area contributed by atoms with E-state index in [-0.39, 0.29) is 5.91 Å². The maximum atomic E-state index is 12.6. The molecule has 0 aliphatic heterocycles. The second-order valence-electron chi connectivity index (χ2n) is 4.55. The molecule has 0 radical (unpaired) electrons. The van der Waals surface area contributed by atoms with Crippen LogP contribution in [0.4, 0.5) is 0 Å². The van der Waals surface area contributed by atoms with Gasteiger partial charge in [0.05, 0.1) is 6.61 Å². The number of amides is 1. The third-order valence-corrected chi connectivity index (χ3v) is 3.44. The van der Waals surface area contributed by atoms with Gasteiger partial charge in [-0.1, -0.05) is 36.4 Å². The largest absolute Gasteiger partial charge is 0.383 e. The van der Waals surface area contributed by atoms with Crippen molar-refractivity contribution < 1.29 is 9.53 Å². The molecule has 1 aromatic carbocycles. The fraction of sp³-hybridized carbons (Fsp3) is 0.250. The van der Waals surface area contributed by atoms with Crippen molar-refractivity contribution in [2.45, 2.75) is 6.54 Å². The van der Waals surface area contributed by atoms with Gasteiger partial charge >= 0.3 is 0 Å². The second kappa shape index (κ2) is 7.90. The second-order valence-corrected chi connectivity index (χ2v) is 5.36. The smallest absolute Gasteiger partial charge is 0.272 e. The molecule has 0 spiro atoms. The molecular weight excluding hydrogens is 332 g/mol. The predicted molar refractivity (Wildman–Crippen MR) is 85.0 cm³/mol. The highest BCUT2D eigenvalue weighted by atomic mass is 79.9. The molecule has 5 heteroatoms. The first-order valence-corrected chi connectivity index (χ1v) is 7.44. The average molecular weight is 349 g/mol. The van der Waals surface area contributed by atoms with Gasteiger partial charge in [-0.2, -0.15) is 0 Å². The maximum Gasteiger partial charge on any atom is 0.272 e.